The van der Waals surface area contributed by atoms with Crippen LogP contribution in [0.5, 0.6) is 17.2 Å². The van der Waals surface area contributed by atoms with Crippen LogP contribution in [0, 0.1) is 13.8 Å². The highest BCUT2D eigenvalue weighted by Gasteiger charge is 2.30. The average molecular weight is 612 g/mol. The highest BCUT2D eigenvalue weighted by atomic mass is 16.5. The summed E-state index contributed by atoms with van der Waals surface area (Å²) in [5.74, 6) is 0.606. The van der Waals surface area contributed by atoms with Crippen LogP contribution in [-0.4, -0.2) is 53.3 Å². The number of aromatic nitrogens is 4. The molecule has 0 saturated carbocycles. The molecule has 12 nitrogen and oxygen atoms in total. The quantitative estimate of drug-likeness (QED) is 0.173. The molecule has 2 heterocycles. The van der Waals surface area contributed by atoms with E-state index in [4.69, 9.17) is 23.3 Å². The topological polar surface area (TPSA) is 152 Å². The van der Waals surface area contributed by atoms with Gasteiger partial charge in [0, 0.05) is 48.2 Å². The summed E-state index contributed by atoms with van der Waals surface area (Å²) in [6.07, 6.45) is -0.201. The van der Waals surface area contributed by atoms with Gasteiger partial charge in [-0.25, -0.2) is 0 Å². The molecule has 5 aromatic rings. The van der Waals surface area contributed by atoms with Gasteiger partial charge in [-0.3, -0.25) is 9.59 Å². The molecular formula is C33H33N5O7. The van der Waals surface area contributed by atoms with E-state index in [-0.39, 0.29) is 42.7 Å². The smallest absolute Gasteiger partial charge is 0.238 e. The van der Waals surface area contributed by atoms with Crippen LogP contribution in [0.15, 0.2) is 69.7 Å². The molecule has 0 aliphatic heterocycles. The first-order valence-corrected chi connectivity index (χ1v) is 14.2. The molecule has 2 aromatic heterocycles. The molecule has 232 valence electrons. The lowest BCUT2D eigenvalue weighted by Crippen LogP contribution is -2.19. The second kappa shape index (κ2) is 13.8. The fourth-order valence-corrected chi connectivity index (χ4v) is 4.66. The molecule has 1 atom stereocenters. The van der Waals surface area contributed by atoms with Crippen LogP contribution in [0.25, 0.3) is 22.8 Å². The molecule has 0 radical (unpaired) electrons. The van der Waals surface area contributed by atoms with Crippen molar-refractivity contribution in [3.05, 3.63) is 83.6 Å². The zero-order valence-corrected chi connectivity index (χ0v) is 25.6. The molecule has 0 spiro atoms. The van der Waals surface area contributed by atoms with Crippen LogP contribution in [0.4, 0.5) is 5.69 Å². The second-order valence-electron chi connectivity index (χ2n) is 10.4. The maximum Gasteiger partial charge on any atom is 0.238 e. The molecule has 0 saturated heterocycles. The van der Waals surface area contributed by atoms with Gasteiger partial charge in [0.1, 0.15) is 11.7 Å². The zero-order valence-electron chi connectivity index (χ0n) is 25.6. The lowest BCUT2D eigenvalue weighted by molar-refractivity contribution is -0.124. The highest BCUT2D eigenvalue weighted by molar-refractivity contribution is 5.95. The van der Waals surface area contributed by atoms with Crippen molar-refractivity contribution in [1.82, 2.24) is 20.3 Å². The van der Waals surface area contributed by atoms with Crippen molar-refractivity contribution in [1.29, 1.82) is 0 Å². The number of carbonyl (C=O) groups is 2. The van der Waals surface area contributed by atoms with E-state index in [0.29, 0.717) is 34.6 Å². The first kappa shape index (κ1) is 30.9. The fraction of sp³-hybridized carbons (Fsp3) is 0.273. The molecule has 0 aliphatic carbocycles. The number of hydrogen-bond acceptors (Lipinski definition) is 11. The van der Waals surface area contributed by atoms with E-state index in [1.807, 2.05) is 62.4 Å². The number of aryl methyl sites for hydroxylation is 2. The fourth-order valence-electron chi connectivity index (χ4n) is 4.66. The third-order valence-corrected chi connectivity index (χ3v) is 7.14. The van der Waals surface area contributed by atoms with E-state index < -0.39 is 5.92 Å². The van der Waals surface area contributed by atoms with Crippen LogP contribution < -0.4 is 19.5 Å². The molecule has 1 amide bonds. The summed E-state index contributed by atoms with van der Waals surface area (Å²) in [6, 6.07) is 18.5. The van der Waals surface area contributed by atoms with Crippen LogP contribution in [0.1, 0.15) is 41.7 Å². The number of ketones is 1. The van der Waals surface area contributed by atoms with Crippen molar-refractivity contribution in [2.45, 2.75) is 39.0 Å². The van der Waals surface area contributed by atoms with Gasteiger partial charge in [0.15, 0.2) is 11.5 Å². The molecule has 0 aliphatic rings. The Kier molecular flexibility index (Phi) is 9.51. The third-order valence-electron chi connectivity index (χ3n) is 7.14. The molecule has 0 bridgehead atoms. The summed E-state index contributed by atoms with van der Waals surface area (Å²) < 4.78 is 27.1. The van der Waals surface area contributed by atoms with Crippen LogP contribution in [0.2, 0.25) is 0 Å². The van der Waals surface area contributed by atoms with Crippen molar-refractivity contribution in [2.24, 2.45) is 0 Å². The predicted octanol–water partition coefficient (Wildman–Crippen LogP) is 5.74. The first-order chi connectivity index (χ1) is 21.8. The predicted molar refractivity (Wildman–Crippen MR) is 164 cm³/mol. The van der Waals surface area contributed by atoms with Crippen molar-refractivity contribution >= 4 is 17.4 Å². The Bertz CT molecular complexity index is 1750. The summed E-state index contributed by atoms with van der Waals surface area (Å²) in [7, 11) is 4.46. The summed E-state index contributed by atoms with van der Waals surface area (Å²) >= 11 is 0. The molecule has 12 heteroatoms. The van der Waals surface area contributed by atoms with E-state index in [2.05, 4.69) is 25.6 Å². The van der Waals surface area contributed by atoms with Gasteiger partial charge in [-0.05, 0) is 13.8 Å². The molecule has 0 fully saturated rings. The number of Topliss-reactive ketones (excluding diaryl/α,β-unsaturated/α-hetero) is 1. The number of amides is 1. The number of carbonyl (C=O) groups excluding carboxylic acids is 2. The van der Waals surface area contributed by atoms with E-state index in [0.717, 1.165) is 22.3 Å². The molecule has 5 rings (SSSR count). The van der Waals surface area contributed by atoms with Gasteiger partial charge in [0.05, 0.1) is 21.3 Å². The van der Waals surface area contributed by atoms with E-state index in [1.54, 1.807) is 12.1 Å². The van der Waals surface area contributed by atoms with Crippen LogP contribution in [-0.2, 0) is 16.0 Å². The summed E-state index contributed by atoms with van der Waals surface area (Å²) in [4.78, 5) is 35.6. The number of rotatable bonds is 13. The van der Waals surface area contributed by atoms with Crippen molar-refractivity contribution in [3.8, 4) is 40.0 Å². The number of nitrogens with zero attached hydrogens (tertiary/aromatic N) is 4. The average Bonchev–Trinajstić information content (AvgIpc) is 3.73. The number of hydrogen-bond donors (Lipinski definition) is 1. The van der Waals surface area contributed by atoms with Crippen molar-refractivity contribution in [2.75, 3.05) is 26.6 Å². The Labute approximate surface area is 259 Å². The van der Waals surface area contributed by atoms with Gasteiger partial charge >= 0.3 is 0 Å². The lowest BCUT2D eigenvalue weighted by Gasteiger charge is -2.15. The van der Waals surface area contributed by atoms with Crippen molar-refractivity contribution < 1.29 is 32.8 Å². The minimum Gasteiger partial charge on any atom is -0.493 e. The normalized spacial score (nSPS) is 11.6. The molecular weight excluding hydrogens is 578 g/mol. The van der Waals surface area contributed by atoms with Crippen LogP contribution >= 0.6 is 0 Å². The Balaban J connectivity index is 1.34. The largest absolute Gasteiger partial charge is 0.493 e. The third kappa shape index (κ3) is 7.35. The second-order valence-corrected chi connectivity index (χ2v) is 10.4. The summed E-state index contributed by atoms with van der Waals surface area (Å²) in [6.45, 7) is 3.97. The van der Waals surface area contributed by atoms with Gasteiger partial charge in [0.25, 0.3) is 0 Å². The van der Waals surface area contributed by atoms with E-state index >= 15 is 0 Å². The standard InChI is InChI=1S/C33H33N5O7/c1-19-6-10-21(11-7-19)31-35-29(44-37-31)18-24(33-36-32(38-45-33)22-12-8-20(2)9-13-22)25(39)14-15-28(40)34-23-16-26(41-3)30(43-5)27(17-23)42-4/h6-13,16-17,24H,14-15,18H2,1-5H3,(H,34,40)/t24-/m0/s1. The Morgan fingerprint density at radius 2 is 1.31 bits per heavy atom. The molecule has 0 unspecified atom stereocenters. The van der Waals surface area contributed by atoms with E-state index in [9.17, 15) is 9.59 Å². The van der Waals surface area contributed by atoms with Gasteiger partial charge in [-0.2, -0.15) is 9.97 Å². The van der Waals surface area contributed by atoms with Crippen LogP contribution in [0.3, 0.4) is 0 Å². The molecule has 45 heavy (non-hydrogen) atoms. The number of benzene rings is 3. The van der Waals surface area contributed by atoms with Gasteiger partial charge in [-0.1, -0.05) is 70.0 Å². The maximum absolute atomic E-state index is 13.6. The van der Waals surface area contributed by atoms with Gasteiger partial charge in [0.2, 0.25) is 35.1 Å². The lowest BCUT2D eigenvalue weighted by atomic mass is 9.96. The zero-order chi connectivity index (χ0) is 31.9. The maximum atomic E-state index is 13.6. The summed E-state index contributed by atoms with van der Waals surface area (Å²) in [5.41, 5.74) is 4.13. The Hall–Kier alpha value is -5.52. The Morgan fingerprint density at radius 3 is 1.87 bits per heavy atom. The summed E-state index contributed by atoms with van der Waals surface area (Å²) in [5, 5.41) is 11.0. The highest BCUT2D eigenvalue weighted by Crippen LogP contribution is 2.40. The number of nitrogens with one attached hydrogen (secondary N) is 1. The van der Waals surface area contributed by atoms with E-state index in [1.165, 1.54) is 21.3 Å². The first-order valence-electron chi connectivity index (χ1n) is 14.2. The molecule has 1 N–H and O–H groups in total. The number of ether oxygens (including phenoxy) is 3. The van der Waals surface area contributed by atoms with Gasteiger partial charge < -0.3 is 28.6 Å². The monoisotopic (exact) mass is 611 g/mol. The van der Waals surface area contributed by atoms with Crippen molar-refractivity contribution in [3.63, 3.8) is 0 Å². The minimum atomic E-state index is -0.919. The van der Waals surface area contributed by atoms with Gasteiger partial charge in [-0.15, -0.1) is 0 Å². The number of methoxy groups -OCH3 is 3. The minimum absolute atomic E-state index is 0.0156. The molecule has 3 aromatic carbocycles. The number of anilines is 1. The SMILES string of the molecule is COc1cc(NC(=O)CCC(=O)[C@H](Cc2nc(-c3ccc(C)cc3)no2)c2nc(-c3ccc(C)cc3)no2)cc(OC)c1OC. The Morgan fingerprint density at radius 1 is 0.756 bits per heavy atom.